The van der Waals surface area contributed by atoms with Crippen LogP contribution in [0, 0.1) is 0 Å². The van der Waals surface area contributed by atoms with Crippen LogP contribution in [0.15, 0.2) is 18.2 Å². The van der Waals surface area contributed by atoms with Gasteiger partial charge in [-0.2, -0.15) is 0 Å². The number of rotatable bonds is 5. The Morgan fingerprint density at radius 3 is 2.60 bits per heavy atom. The zero-order valence-electron chi connectivity index (χ0n) is 15.1. The van der Waals surface area contributed by atoms with Crippen molar-refractivity contribution in [3.8, 4) is 5.75 Å². The number of esters is 1. The molecule has 1 aromatic rings. The van der Waals surface area contributed by atoms with Crippen molar-refractivity contribution in [1.29, 1.82) is 0 Å². The van der Waals surface area contributed by atoms with Gasteiger partial charge in [-0.25, -0.2) is 4.79 Å². The molecule has 1 aromatic carbocycles. The first kappa shape index (κ1) is 22.0. The second-order valence-corrected chi connectivity index (χ2v) is 7.88. The normalized spacial score (nSPS) is 17.0. The zero-order chi connectivity index (χ0) is 17.9. The van der Waals surface area contributed by atoms with Gasteiger partial charge in [0.2, 0.25) is 0 Å². The summed E-state index contributed by atoms with van der Waals surface area (Å²) in [5, 5.41) is 0. The van der Waals surface area contributed by atoms with E-state index in [0.29, 0.717) is 5.75 Å². The molecular formula is C17H24AlNO5S. The van der Waals surface area contributed by atoms with Crippen molar-refractivity contribution in [2.45, 2.75) is 51.7 Å². The molecule has 2 radical (unpaired) electrons. The maximum atomic E-state index is 11.8. The van der Waals surface area contributed by atoms with E-state index in [1.54, 1.807) is 33.9 Å². The number of ether oxygens (including phenoxy) is 2. The quantitative estimate of drug-likeness (QED) is 0.445. The molecule has 6 nitrogen and oxygen atoms in total. The van der Waals surface area contributed by atoms with Gasteiger partial charge in [0.1, 0.15) is 11.4 Å². The van der Waals surface area contributed by atoms with Crippen molar-refractivity contribution in [1.82, 2.24) is 4.31 Å². The van der Waals surface area contributed by atoms with Crippen LogP contribution in [0.5, 0.6) is 5.75 Å². The van der Waals surface area contributed by atoms with Crippen molar-refractivity contribution < 1.29 is 22.7 Å². The molecular weight excluding hydrogens is 357 g/mol. The molecule has 0 fully saturated rings. The predicted molar refractivity (Wildman–Crippen MR) is 95.7 cm³/mol. The summed E-state index contributed by atoms with van der Waals surface area (Å²) in [4.78, 5) is 11.8. The third kappa shape index (κ3) is 6.00. The van der Waals surface area contributed by atoms with Crippen LogP contribution in [0.1, 0.15) is 50.8 Å². The van der Waals surface area contributed by atoms with Crippen molar-refractivity contribution in [2.75, 3.05) is 13.7 Å². The molecule has 2 rings (SSSR count). The van der Waals surface area contributed by atoms with Crippen LogP contribution in [-0.4, -0.2) is 46.9 Å². The minimum absolute atomic E-state index is 0. The fraction of sp³-hybridized carbons (Fsp3) is 0.588. The van der Waals surface area contributed by atoms with Crippen LogP contribution in [0.3, 0.4) is 0 Å². The van der Waals surface area contributed by atoms with E-state index >= 15 is 0 Å². The summed E-state index contributed by atoms with van der Waals surface area (Å²) >= 11 is 0. The van der Waals surface area contributed by atoms with Gasteiger partial charge in [-0.1, -0.05) is 12.1 Å². The molecule has 1 aliphatic rings. The minimum atomic E-state index is -2.28. The third-order valence-corrected chi connectivity index (χ3v) is 4.60. The van der Waals surface area contributed by atoms with E-state index in [1.807, 2.05) is 12.1 Å². The molecule has 0 bridgehead atoms. The van der Waals surface area contributed by atoms with Crippen LogP contribution in [0.25, 0.3) is 0 Å². The fourth-order valence-electron chi connectivity index (χ4n) is 2.91. The van der Waals surface area contributed by atoms with Crippen molar-refractivity contribution in [3.63, 3.8) is 0 Å². The van der Waals surface area contributed by atoms with Gasteiger partial charge in [0, 0.05) is 6.04 Å². The first-order chi connectivity index (χ1) is 11.2. The van der Waals surface area contributed by atoms with Crippen molar-refractivity contribution >= 4 is 34.2 Å². The summed E-state index contributed by atoms with van der Waals surface area (Å²) in [6.07, 6.45) is 2.44. The molecule has 0 aliphatic heterocycles. The molecule has 0 spiro atoms. The van der Waals surface area contributed by atoms with Gasteiger partial charge in [-0.05, 0) is 75.2 Å². The molecule has 8 heteroatoms. The average molecular weight is 381 g/mol. The molecule has 1 aliphatic carbocycles. The second kappa shape index (κ2) is 9.04. The van der Waals surface area contributed by atoms with E-state index in [2.05, 4.69) is 0 Å². The summed E-state index contributed by atoms with van der Waals surface area (Å²) in [7, 11) is -0.709. The van der Waals surface area contributed by atoms with Crippen LogP contribution in [0.4, 0.5) is 0 Å². The van der Waals surface area contributed by atoms with Gasteiger partial charge in [-0.15, -0.1) is 0 Å². The summed E-state index contributed by atoms with van der Waals surface area (Å²) in [6, 6.07) is 5.35. The molecule has 0 N–H and O–H groups in total. The Kier molecular flexibility index (Phi) is 7.95. The average Bonchev–Trinajstić information content (AvgIpc) is 2.49. The summed E-state index contributed by atoms with van der Waals surface area (Å²) in [6.45, 7) is 5.25. The second-order valence-electron chi connectivity index (χ2n) is 6.87. The Labute approximate surface area is 161 Å². The molecule has 0 aromatic heterocycles. The molecule has 0 unspecified atom stereocenters. The van der Waals surface area contributed by atoms with Crippen molar-refractivity contribution in [3.05, 3.63) is 29.3 Å². The van der Waals surface area contributed by atoms with Gasteiger partial charge in [0.15, 0.2) is 6.61 Å². The standard InChI is InChI=1S/C17H24NO5S.Al/c1-17(2,3)23-16(19)11-22-15-10-6-7-12-13(15)8-5-9-14(12)18(4)24(20)21;/h6-7,10,14H,5,8-9,11H2,1-4H3;/q-1;+1/t14-;/m1./s1. The van der Waals surface area contributed by atoms with E-state index in [4.69, 9.17) is 9.47 Å². The Morgan fingerprint density at radius 2 is 2.00 bits per heavy atom. The topological polar surface area (TPSA) is 72.9 Å². The van der Waals surface area contributed by atoms with Crippen LogP contribution < -0.4 is 4.74 Å². The van der Waals surface area contributed by atoms with E-state index < -0.39 is 22.5 Å². The van der Waals surface area contributed by atoms with E-state index in [0.717, 1.165) is 30.4 Å². The molecule has 136 valence electrons. The number of hydrogen-bond acceptors (Lipinski definition) is 6. The third-order valence-electron chi connectivity index (χ3n) is 3.87. The van der Waals surface area contributed by atoms with Crippen LogP contribution in [0.2, 0.25) is 0 Å². The number of carbonyl (C=O) groups is 1. The number of fused-ring (bicyclic) bond motifs is 1. The summed E-state index contributed by atoms with van der Waals surface area (Å²) in [5.74, 6) is 0.193. The number of benzene rings is 1. The van der Waals surface area contributed by atoms with E-state index in [9.17, 15) is 13.2 Å². The summed E-state index contributed by atoms with van der Waals surface area (Å²) in [5.41, 5.74) is 1.35. The Hall–Kier alpha value is -1.07. The fourth-order valence-corrected chi connectivity index (χ4v) is 3.34. The Morgan fingerprint density at radius 1 is 1.32 bits per heavy atom. The Bertz CT molecular complexity index is 676. The largest absolute Gasteiger partial charge is 1.00 e. The SMILES string of the molecule is CN([C@@H]1CCCc2c(OCC(=O)OC(C)(C)C)cccc21)[S-](=O)=O.[Al+]. The molecule has 0 heterocycles. The van der Waals surface area contributed by atoms with Crippen LogP contribution >= 0.6 is 0 Å². The summed E-state index contributed by atoms with van der Waals surface area (Å²) < 4.78 is 34.8. The first-order valence-corrected chi connectivity index (χ1v) is 9.01. The molecule has 0 saturated heterocycles. The first-order valence-electron chi connectivity index (χ1n) is 7.97. The Balaban J connectivity index is 0.00000312. The van der Waals surface area contributed by atoms with E-state index in [1.165, 1.54) is 4.31 Å². The van der Waals surface area contributed by atoms with Crippen LogP contribution in [-0.2, 0) is 35.3 Å². The van der Waals surface area contributed by atoms with Gasteiger partial charge in [0.25, 0.3) is 0 Å². The molecule has 0 saturated carbocycles. The van der Waals surface area contributed by atoms with Gasteiger partial charge in [0.05, 0.1) is 0 Å². The monoisotopic (exact) mass is 381 g/mol. The maximum absolute atomic E-state index is 11.8. The van der Waals surface area contributed by atoms with Gasteiger partial charge in [-0.3, -0.25) is 0 Å². The van der Waals surface area contributed by atoms with E-state index in [-0.39, 0.29) is 30.0 Å². The van der Waals surface area contributed by atoms with Gasteiger partial charge >= 0.3 is 23.3 Å². The predicted octanol–water partition coefficient (Wildman–Crippen LogP) is 2.56. The van der Waals surface area contributed by atoms with Gasteiger partial charge < -0.3 is 22.2 Å². The number of carbonyl (C=O) groups excluding carboxylic acids is 1. The van der Waals surface area contributed by atoms with Crippen molar-refractivity contribution in [2.24, 2.45) is 0 Å². The molecule has 1 atom stereocenters. The maximum Gasteiger partial charge on any atom is 1.00 e. The minimum Gasteiger partial charge on any atom is -0.482 e. The zero-order valence-corrected chi connectivity index (χ0v) is 17.1. The molecule has 25 heavy (non-hydrogen) atoms. The molecule has 0 amide bonds. The number of nitrogens with zero attached hydrogens (tertiary/aromatic N) is 1. The number of hydrogen-bond donors (Lipinski definition) is 0. The smallest absolute Gasteiger partial charge is 0.482 e.